The zero-order valence-corrected chi connectivity index (χ0v) is 12.0. The van der Waals surface area contributed by atoms with Gasteiger partial charge in [0.15, 0.2) is 10.4 Å². The Morgan fingerprint density at radius 1 is 1.35 bits per heavy atom. The van der Waals surface area contributed by atoms with Crippen molar-refractivity contribution >= 4 is 23.4 Å². The van der Waals surface area contributed by atoms with Crippen LogP contribution in [-0.2, 0) is 13.1 Å². The number of nitrogens with zero attached hydrogens (tertiary/aromatic N) is 3. The van der Waals surface area contributed by atoms with Crippen LogP contribution in [0.2, 0.25) is 0 Å². The zero-order chi connectivity index (χ0) is 12.8. The van der Waals surface area contributed by atoms with Gasteiger partial charge in [-0.3, -0.25) is 0 Å². The molecule has 5 heteroatoms. The first kappa shape index (κ1) is 12.4. The summed E-state index contributed by atoms with van der Waals surface area (Å²) in [6.45, 7) is 12.5. The highest BCUT2D eigenvalue weighted by Crippen LogP contribution is 2.23. The summed E-state index contributed by atoms with van der Waals surface area (Å²) < 4.78 is 4.97. The van der Waals surface area contributed by atoms with Crippen LogP contribution in [0, 0.1) is 17.1 Å². The van der Waals surface area contributed by atoms with E-state index in [4.69, 9.17) is 12.2 Å². The summed E-state index contributed by atoms with van der Waals surface area (Å²) in [6.07, 6.45) is 0. The van der Waals surface area contributed by atoms with Crippen molar-refractivity contribution in [3.05, 3.63) is 10.5 Å². The standard InChI is InChI=1S/C12H20N4S/c1-6-16-10-9(8(2)14-16)13-11(17)15(10)7-12(3,4)5/h6-7H2,1-5H3,(H,13,17). The molecular formula is C12H20N4S. The molecule has 0 fully saturated rings. The lowest BCUT2D eigenvalue weighted by Gasteiger charge is -2.19. The molecule has 0 aliphatic heterocycles. The van der Waals surface area contributed by atoms with Crippen LogP contribution in [0.15, 0.2) is 0 Å². The number of aromatic amines is 1. The van der Waals surface area contributed by atoms with Crippen LogP contribution in [0.3, 0.4) is 0 Å². The average Bonchev–Trinajstić information content (AvgIpc) is 2.66. The van der Waals surface area contributed by atoms with Crippen molar-refractivity contribution in [1.82, 2.24) is 19.3 Å². The number of aryl methyl sites for hydroxylation is 2. The topological polar surface area (TPSA) is 38.5 Å². The predicted octanol–water partition coefficient (Wildman–Crippen LogP) is 3.27. The van der Waals surface area contributed by atoms with Gasteiger partial charge in [-0.25, -0.2) is 4.68 Å². The fourth-order valence-electron chi connectivity index (χ4n) is 2.10. The van der Waals surface area contributed by atoms with Crippen LogP contribution in [0.4, 0.5) is 0 Å². The minimum absolute atomic E-state index is 0.199. The van der Waals surface area contributed by atoms with Gasteiger partial charge in [0.05, 0.1) is 5.69 Å². The van der Waals surface area contributed by atoms with E-state index in [1.165, 1.54) is 0 Å². The van der Waals surface area contributed by atoms with Crippen molar-refractivity contribution in [2.75, 3.05) is 0 Å². The van der Waals surface area contributed by atoms with Crippen molar-refractivity contribution in [2.45, 2.75) is 47.7 Å². The second-order valence-corrected chi connectivity index (χ2v) is 6.06. The molecule has 0 aromatic carbocycles. The molecule has 2 aromatic rings. The number of fused-ring (bicyclic) bond motifs is 1. The fraction of sp³-hybridized carbons (Fsp3) is 0.667. The predicted molar refractivity (Wildman–Crippen MR) is 72.8 cm³/mol. The maximum atomic E-state index is 5.41. The first-order chi connectivity index (χ1) is 7.83. The smallest absolute Gasteiger partial charge is 0.179 e. The van der Waals surface area contributed by atoms with Gasteiger partial charge in [0, 0.05) is 13.1 Å². The summed E-state index contributed by atoms with van der Waals surface area (Å²) in [5.74, 6) is 0. The number of H-pyrrole nitrogens is 1. The Balaban J connectivity index is 2.69. The van der Waals surface area contributed by atoms with Gasteiger partial charge in [0.2, 0.25) is 0 Å². The maximum Gasteiger partial charge on any atom is 0.179 e. The maximum absolute atomic E-state index is 5.41. The third-order valence-corrected chi connectivity index (χ3v) is 3.09. The molecule has 0 bridgehead atoms. The normalized spacial score (nSPS) is 12.5. The summed E-state index contributed by atoms with van der Waals surface area (Å²) >= 11 is 5.41. The van der Waals surface area contributed by atoms with Crippen LogP contribution < -0.4 is 0 Å². The Bertz CT molecular complexity index is 594. The number of hydrogen-bond acceptors (Lipinski definition) is 2. The molecule has 0 amide bonds. The second kappa shape index (κ2) is 3.98. The molecule has 4 nitrogen and oxygen atoms in total. The van der Waals surface area contributed by atoms with Gasteiger partial charge in [-0.15, -0.1) is 0 Å². The van der Waals surface area contributed by atoms with E-state index in [0.717, 1.165) is 34.7 Å². The van der Waals surface area contributed by atoms with E-state index in [1.807, 2.05) is 11.6 Å². The van der Waals surface area contributed by atoms with Crippen molar-refractivity contribution in [1.29, 1.82) is 0 Å². The van der Waals surface area contributed by atoms with Gasteiger partial charge >= 0.3 is 0 Å². The lowest BCUT2D eigenvalue weighted by molar-refractivity contribution is 0.343. The molecule has 2 heterocycles. The summed E-state index contributed by atoms with van der Waals surface area (Å²) in [5.41, 5.74) is 3.40. The third-order valence-electron chi connectivity index (χ3n) is 2.77. The van der Waals surface area contributed by atoms with Crippen molar-refractivity contribution in [2.24, 2.45) is 5.41 Å². The Morgan fingerprint density at radius 3 is 2.53 bits per heavy atom. The summed E-state index contributed by atoms with van der Waals surface area (Å²) in [5, 5.41) is 4.52. The minimum atomic E-state index is 0.199. The SMILES string of the molecule is CCn1nc(C)c2[nH]c(=S)n(CC(C)(C)C)c21. The van der Waals surface area contributed by atoms with Crippen LogP contribution >= 0.6 is 12.2 Å². The highest BCUT2D eigenvalue weighted by Gasteiger charge is 2.18. The van der Waals surface area contributed by atoms with Crippen LogP contribution in [0.1, 0.15) is 33.4 Å². The lowest BCUT2D eigenvalue weighted by Crippen LogP contribution is -2.17. The fourth-order valence-corrected chi connectivity index (χ4v) is 2.36. The van der Waals surface area contributed by atoms with E-state index in [-0.39, 0.29) is 5.41 Å². The molecule has 0 aliphatic carbocycles. The zero-order valence-electron chi connectivity index (χ0n) is 11.2. The van der Waals surface area contributed by atoms with Crippen LogP contribution in [0.25, 0.3) is 11.2 Å². The summed E-state index contributed by atoms with van der Waals surface area (Å²) in [4.78, 5) is 3.27. The summed E-state index contributed by atoms with van der Waals surface area (Å²) in [7, 11) is 0. The number of imidazole rings is 1. The average molecular weight is 252 g/mol. The largest absolute Gasteiger partial charge is 0.328 e. The van der Waals surface area contributed by atoms with Gasteiger partial charge in [0.1, 0.15) is 5.52 Å². The Hall–Kier alpha value is -1.10. The van der Waals surface area contributed by atoms with Crippen molar-refractivity contribution < 1.29 is 0 Å². The highest BCUT2D eigenvalue weighted by atomic mass is 32.1. The molecule has 1 N–H and O–H groups in total. The monoisotopic (exact) mass is 252 g/mol. The number of aromatic nitrogens is 4. The molecule has 0 atom stereocenters. The first-order valence-corrected chi connectivity index (χ1v) is 6.40. The number of nitrogens with one attached hydrogen (secondary N) is 1. The molecule has 94 valence electrons. The van der Waals surface area contributed by atoms with E-state index < -0.39 is 0 Å². The van der Waals surface area contributed by atoms with E-state index in [9.17, 15) is 0 Å². The van der Waals surface area contributed by atoms with Crippen LogP contribution in [-0.4, -0.2) is 19.3 Å². The van der Waals surface area contributed by atoms with E-state index in [1.54, 1.807) is 0 Å². The van der Waals surface area contributed by atoms with Gasteiger partial charge in [-0.05, 0) is 31.5 Å². The third kappa shape index (κ3) is 2.16. The quantitative estimate of drug-likeness (QED) is 0.833. The highest BCUT2D eigenvalue weighted by molar-refractivity contribution is 7.71. The van der Waals surface area contributed by atoms with Gasteiger partial charge < -0.3 is 9.55 Å². The van der Waals surface area contributed by atoms with Crippen molar-refractivity contribution in [3.8, 4) is 0 Å². The molecule has 0 radical (unpaired) electrons. The lowest BCUT2D eigenvalue weighted by atomic mass is 9.97. The molecule has 2 aromatic heterocycles. The minimum Gasteiger partial charge on any atom is -0.328 e. The molecule has 0 saturated carbocycles. The number of rotatable bonds is 2. The van der Waals surface area contributed by atoms with E-state index in [2.05, 4.69) is 42.3 Å². The van der Waals surface area contributed by atoms with Gasteiger partial charge in [-0.2, -0.15) is 5.10 Å². The molecule has 2 rings (SSSR count). The summed E-state index contributed by atoms with van der Waals surface area (Å²) in [6, 6.07) is 0. The van der Waals surface area contributed by atoms with Gasteiger partial charge in [-0.1, -0.05) is 20.8 Å². The first-order valence-electron chi connectivity index (χ1n) is 5.99. The van der Waals surface area contributed by atoms with Crippen LogP contribution in [0.5, 0.6) is 0 Å². The molecule has 17 heavy (non-hydrogen) atoms. The molecule has 0 saturated heterocycles. The number of hydrogen-bond donors (Lipinski definition) is 1. The molecular weight excluding hydrogens is 232 g/mol. The van der Waals surface area contributed by atoms with Crippen molar-refractivity contribution in [3.63, 3.8) is 0 Å². The van der Waals surface area contributed by atoms with E-state index in [0.29, 0.717) is 0 Å². The second-order valence-electron chi connectivity index (χ2n) is 5.68. The Kier molecular flexibility index (Phi) is 2.89. The molecule has 0 spiro atoms. The Labute approximate surface area is 107 Å². The Morgan fingerprint density at radius 2 is 2.00 bits per heavy atom. The van der Waals surface area contributed by atoms with E-state index >= 15 is 0 Å². The molecule has 0 aliphatic rings. The van der Waals surface area contributed by atoms with Gasteiger partial charge in [0.25, 0.3) is 0 Å². The molecule has 0 unspecified atom stereocenters.